The first-order chi connectivity index (χ1) is 12.0. The molecule has 5 N–H and O–H groups in total. The maximum Gasteiger partial charge on any atom is 0.404 e. The Morgan fingerprint density at radius 2 is 1.84 bits per heavy atom. The Hall–Kier alpha value is -3.22. The van der Waals surface area contributed by atoms with Crippen molar-refractivity contribution in [2.45, 2.75) is 12.5 Å². The molecule has 0 aromatic heterocycles. The molecule has 0 radical (unpaired) electrons. The number of carbonyl (C=O) groups is 2. The van der Waals surface area contributed by atoms with Gasteiger partial charge in [-0.15, -0.1) is 0 Å². The number of benzene rings is 2. The fourth-order valence-electron chi connectivity index (χ4n) is 2.85. The minimum atomic E-state index is -0.751. The molecule has 1 fully saturated rings. The van der Waals surface area contributed by atoms with E-state index in [9.17, 15) is 9.59 Å². The largest absolute Gasteiger partial charge is 0.444 e. The van der Waals surface area contributed by atoms with Crippen molar-refractivity contribution < 1.29 is 14.3 Å². The number of carbonyl (C=O) groups excluding carboxylic acids is 2. The summed E-state index contributed by atoms with van der Waals surface area (Å²) in [5, 5.41) is 2.80. The van der Waals surface area contributed by atoms with Gasteiger partial charge in [-0.3, -0.25) is 4.79 Å². The van der Waals surface area contributed by atoms with Crippen LogP contribution in [0.1, 0.15) is 16.8 Å². The van der Waals surface area contributed by atoms with Crippen molar-refractivity contribution in [1.82, 2.24) is 0 Å². The lowest BCUT2D eigenvalue weighted by Gasteiger charge is -2.18. The molecule has 0 bridgehead atoms. The summed E-state index contributed by atoms with van der Waals surface area (Å²) < 4.78 is 5.02. The van der Waals surface area contributed by atoms with Gasteiger partial charge in [0.25, 0.3) is 5.91 Å². The van der Waals surface area contributed by atoms with Crippen LogP contribution in [0, 0.1) is 0 Å². The summed E-state index contributed by atoms with van der Waals surface area (Å²) in [5.74, 6) is -0.221. The summed E-state index contributed by atoms with van der Waals surface area (Å²) in [6.45, 7) is 1.36. The van der Waals surface area contributed by atoms with Crippen molar-refractivity contribution in [3.63, 3.8) is 0 Å². The van der Waals surface area contributed by atoms with Gasteiger partial charge in [0.15, 0.2) is 0 Å². The zero-order chi connectivity index (χ0) is 17.8. The first kappa shape index (κ1) is 16.6. The summed E-state index contributed by atoms with van der Waals surface area (Å²) in [6.07, 6.45) is -0.209. The van der Waals surface area contributed by atoms with Gasteiger partial charge in [-0.05, 0) is 36.4 Å². The van der Waals surface area contributed by atoms with Crippen LogP contribution in [-0.2, 0) is 4.74 Å². The number of hydrogen-bond acceptors (Lipinski definition) is 5. The Bertz CT molecular complexity index is 776. The number of rotatable bonds is 4. The predicted molar refractivity (Wildman–Crippen MR) is 96.5 cm³/mol. The number of amides is 2. The third-order valence-corrected chi connectivity index (χ3v) is 4.13. The van der Waals surface area contributed by atoms with E-state index in [0.29, 0.717) is 23.5 Å². The van der Waals surface area contributed by atoms with E-state index in [4.69, 9.17) is 16.2 Å². The maximum atomic E-state index is 12.3. The number of anilines is 3. The van der Waals surface area contributed by atoms with Gasteiger partial charge >= 0.3 is 6.09 Å². The van der Waals surface area contributed by atoms with Crippen LogP contribution >= 0.6 is 0 Å². The smallest absolute Gasteiger partial charge is 0.404 e. The molecule has 1 aliphatic heterocycles. The molecule has 2 amide bonds. The zero-order valence-corrected chi connectivity index (χ0v) is 13.6. The molecular formula is C18H20N4O3. The second-order valence-electron chi connectivity index (χ2n) is 5.88. The second kappa shape index (κ2) is 7.12. The molecule has 1 aliphatic rings. The van der Waals surface area contributed by atoms with E-state index in [-0.39, 0.29) is 12.0 Å². The Balaban J connectivity index is 1.63. The topological polar surface area (TPSA) is 111 Å². The van der Waals surface area contributed by atoms with Gasteiger partial charge in [0.1, 0.15) is 6.10 Å². The molecule has 0 aliphatic carbocycles. The van der Waals surface area contributed by atoms with Gasteiger partial charge in [-0.2, -0.15) is 0 Å². The molecule has 1 heterocycles. The van der Waals surface area contributed by atoms with Crippen molar-refractivity contribution in [2.75, 3.05) is 29.0 Å². The number of nitrogens with two attached hydrogens (primary N) is 2. The van der Waals surface area contributed by atoms with Gasteiger partial charge in [-0.25, -0.2) is 4.79 Å². The quantitative estimate of drug-likeness (QED) is 0.739. The number of ether oxygens (including phenoxy) is 1. The molecule has 0 spiro atoms. The summed E-state index contributed by atoms with van der Waals surface area (Å²) in [6, 6.07) is 14.4. The number of para-hydroxylation sites is 2. The Kier molecular flexibility index (Phi) is 4.74. The fourth-order valence-corrected chi connectivity index (χ4v) is 2.85. The lowest BCUT2D eigenvalue weighted by Crippen LogP contribution is -2.27. The van der Waals surface area contributed by atoms with E-state index in [1.54, 1.807) is 24.3 Å². The molecule has 25 heavy (non-hydrogen) atoms. The van der Waals surface area contributed by atoms with Gasteiger partial charge < -0.3 is 26.4 Å². The SMILES string of the molecule is NC(=O)O[C@H]1CCN(c2ccc(C(=O)Nc3ccccc3N)cc2)C1. The summed E-state index contributed by atoms with van der Waals surface area (Å²) in [7, 11) is 0. The average molecular weight is 340 g/mol. The van der Waals surface area contributed by atoms with E-state index in [1.165, 1.54) is 0 Å². The van der Waals surface area contributed by atoms with Crippen LogP contribution in [-0.4, -0.2) is 31.2 Å². The summed E-state index contributed by atoms with van der Waals surface area (Å²) >= 11 is 0. The number of hydrogen-bond donors (Lipinski definition) is 3. The van der Waals surface area contributed by atoms with Crippen LogP contribution in [0.25, 0.3) is 0 Å². The third kappa shape index (κ3) is 4.00. The highest BCUT2D eigenvalue weighted by atomic mass is 16.6. The molecule has 1 atom stereocenters. The van der Waals surface area contributed by atoms with Crippen LogP contribution in [0.4, 0.5) is 21.9 Å². The first-order valence-corrected chi connectivity index (χ1v) is 8.00. The standard InChI is InChI=1S/C18H20N4O3/c19-15-3-1-2-4-16(15)21-17(23)12-5-7-13(8-6-12)22-10-9-14(11-22)25-18(20)24/h1-8,14H,9-11,19H2,(H2,20,24)(H,21,23)/t14-/m0/s1. The first-order valence-electron chi connectivity index (χ1n) is 8.00. The van der Waals surface area contributed by atoms with Crippen molar-refractivity contribution in [2.24, 2.45) is 5.73 Å². The van der Waals surface area contributed by atoms with E-state index in [2.05, 4.69) is 10.2 Å². The van der Waals surface area contributed by atoms with Crippen LogP contribution in [0.5, 0.6) is 0 Å². The molecular weight excluding hydrogens is 320 g/mol. The van der Waals surface area contributed by atoms with Crippen molar-refractivity contribution in [3.8, 4) is 0 Å². The minimum absolute atomic E-state index is 0.193. The Morgan fingerprint density at radius 3 is 2.52 bits per heavy atom. The molecule has 0 unspecified atom stereocenters. The molecule has 2 aromatic carbocycles. The van der Waals surface area contributed by atoms with Crippen LogP contribution in [0.15, 0.2) is 48.5 Å². The lowest BCUT2D eigenvalue weighted by atomic mass is 10.1. The molecule has 2 aromatic rings. The molecule has 1 saturated heterocycles. The van der Waals surface area contributed by atoms with Crippen LogP contribution in [0.2, 0.25) is 0 Å². The Morgan fingerprint density at radius 1 is 1.12 bits per heavy atom. The van der Waals surface area contributed by atoms with Crippen molar-refractivity contribution in [1.29, 1.82) is 0 Å². The highest BCUT2D eigenvalue weighted by Gasteiger charge is 2.25. The molecule has 3 rings (SSSR count). The summed E-state index contributed by atoms with van der Waals surface area (Å²) in [5.41, 5.74) is 13.5. The number of nitrogen functional groups attached to an aromatic ring is 1. The van der Waals surface area contributed by atoms with E-state index in [1.807, 2.05) is 24.3 Å². The minimum Gasteiger partial charge on any atom is -0.444 e. The van der Waals surface area contributed by atoms with Crippen molar-refractivity contribution >= 4 is 29.1 Å². The monoisotopic (exact) mass is 340 g/mol. The maximum absolute atomic E-state index is 12.3. The van der Waals surface area contributed by atoms with Gasteiger partial charge in [0, 0.05) is 24.2 Å². The van der Waals surface area contributed by atoms with Crippen molar-refractivity contribution in [3.05, 3.63) is 54.1 Å². The highest BCUT2D eigenvalue weighted by Crippen LogP contribution is 2.23. The molecule has 7 heteroatoms. The average Bonchev–Trinajstić information content (AvgIpc) is 3.05. The van der Waals surface area contributed by atoms with Crippen LogP contribution < -0.4 is 21.7 Å². The summed E-state index contributed by atoms with van der Waals surface area (Å²) in [4.78, 5) is 25.2. The third-order valence-electron chi connectivity index (χ3n) is 4.13. The van der Waals surface area contributed by atoms with E-state index >= 15 is 0 Å². The predicted octanol–water partition coefficient (Wildman–Crippen LogP) is 2.20. The molecule has 0 saturated carbocycles. The highest BCUT2D eigenvalue weighted by molar-refractivity contribution is 6.05. The van der Waals surface area contributed by atoms with E-state index < -0.39 is 6.09 Å². The zero-order valence-electron chi connectivity index (χ0n) is 13.6. The normalized spacial score (nSPS) is 16.5. The number of nitrogens with one attached hydrogen (secondary N) is 1. The Labute approximate surface area is 145 Å². The van der Waals surface area contributed by atoms with Gasteiger partial charge in [0.05, 0.1) is 17.9 Å². The molecule has 130 valence electrons. The second-order valence-corrected chi connectivity index (χ2v) is 5.88. The van der Waals surface area contributed by atoms with E-state index in [0.717, 1.165) is 18.7 Å². The van der Waals surface area contributed by atoms with Gasteiger partial charge in [-0.1, -0.05) is 12.1 Å². The molecule has 7 nitrogen and oxygen atoms in total. The number of primary amides is 1. The fraction of sp³-hybridized carbons (Fsp3) is 0.222. The lowest BCUT2D eigenvalue weighted by molar-refractivity contribution is 0.102. The number of nitrogens with zero attached hydrogens (tertiary/aromatic N) is 1. The van der Waals surface area contributed by atoms with Crippen LogP contribution in [0.3, 0.4) is 0 Å². The van der Waals surface area contributed by atoms with Gasteiger partial charge in [0.2, 0.25) is 0 Å².